The van der Waals surface area contributed by atoms with E-state index in [1.165, 1.54) is 0 Å². The van der Waals surface area contributed by atoms with Crippen molar-refractivity contribution in [3.05, 3.63) is 52.3 Å². The first-order valence-corrected chi connectivity index (χ1v) is 8.13. The molecule has 0 bridgehead atoms. The number of carbonyl (C=O) groups excluding carboxylic acids is 1. The maximum absolute atomic E-state index is 12.5. The molecule has 0 saturated heterocycles. The van der Waals surface area contributed by atoms with Gasteiger partial charge in [0, 0.05) is 23.0 Å². The third kappa shape index (κ3) is 2.85. The lowest BCUT2D eigenvalue weighted by molar-refractivity contribution is -0.113. The molecule has 1 aliphatic heterocycles. The molecule has 6 nitrogen and oxygen atoms in total. The summed E-state index contributed by atoms with van der Waals surface area (Å²) in [6.45, 7) is 2.12. The van der Waals surface area contributed by atoms with Crippen LogP contribution in [0.25, 0.3) is 17.1 Å². The fourth-order valence-corrected chi connectivity index (χ4v) is 3.05. The predicted molar refractivity (Wildman–Crippen MR) is 96.8 cm³/mol. The van der Waals surface area contributed by atoms with Gasteiger partial charge in [-0.25, -0.2) is 4.98 Å². The summed E-state index contributed by atoms with van der Waals surface area (Å²) < 4.78 is 7.34. The number of anilines is 1. The van der Waals surface area contributed by atoms with Crippen LogP contribution in [0.15, 0.2) is 36.0 Å². The van der Waals surface area contributed by atoms with Gasteiger partial charge in [0.15, 0.2) is 5.65 Å². The Labute approximate surface area is 149 Å². The van der Waals surface area contributed by atoms with Crippen LogP contribution >= 0.6 is 11.6 Å². The van der Waals surface area contributed by atoms with Crippen molar-refractivity contribution in [2.45, 2.75) is 6.92 Å². The smallest absolute Gasteiger partial charge is 0.255 e. The second-order valence-electron chi connectivity index (χ2n) is 5.90. The van der Waals surface area contributed by atoms with E-state index in [4.69, 9.17) is 16.3 Å². The standard InChI is InChI=1S/C18H15ClN4O2/c1-10-15-7-14(8-20-17(15)23(2)22-10)21-18(24)12-5-11-6-13(19)3-4-16(11)25-9-12/h3-8H,9H2,1-2H3,(H,21,24). The third-order valence-corrected chi connectivity index (χ3v) is 4.33. The Kier molecular flexibility index (Phi) is 3.69. The lowest BCUT2D eigenvalue weighted by atomic mass is 10.1. The minimum absolute atomic E-state index is 0.210. The molecule has 4 rings (SSSR count). The number of nitrogens with one attached hydrogen (secondary N) is 1. The Morgan fingerprint density at radius 2 is 2.20 bits per heavy atom. The van der Waals surface area contributed by atoms with E-state index in [0.717, 1.165) is 28.0 Å². The highest BCUT2D eigenvalue weighted by Crippen LogP contribution is 2.29. The van der Waals surface area contributed by atoms with Crippen LogP contribution in [0.4, 0.5) is 5.69 Å². The number of fused-ring (bicyclic) bond motifs is 2. The van der Waals surface area contributed by atoms with Crippen molar-refractivity contribution in [2.24, 2.45) is 7.05 Å². The zero-order valence-electron chi connectivity index (χ0n) is 13.7. The Balaban J connectivity index is 1.61. The van der Waals surface area contributed by atoms with Gasteiger partial charge in [-0.2, -0.15) is 5.10 Å². The van der Waals surface area contributed by atoms with Gasteiger partial charge < -0.3 is 10.1 Å². The number of pyridine rings is 1. The zero-order valence-corrected chi connectivity index (χ0v) is 14.5. The fourth-order valence-electron chi connectivity index (χ4n) is 2.87. The number of benzene rings is 1. The van der Waals surface area contributed by atoms with Crippen LogP contribution in [-0.4, -0.2) is 27.3 Å². The molecular formula is C18H15ClN4O2. The molecule has 3 heterocycles. The van der Waals surface area contributed by atoms with Crippen molar-refractivity contribution in [2.75, 3.05) is 11.9 Å². The number of halogens is 1. The molecule has 1 aromatic carbocycles. The summed E-state index contributed by atoms with van der Waals surface area (Å²) in [5.41, 5.74) is 3.58. The van der Waals surface area contributed by atoms with Crippen molar-refractivity contribution in [1.82, 2.24) is 14.8 Å². The molecule has 25 heavy (non-hydrogen) atoms. The Morgan fingerprint density at radius 1 is 1.36 bits per heavy atom. The number of ether oxygens (including phenoxy) is 1. The van der Waals surface area contributed by atoms with E-state index in [0.29, 0.717) is 16.3 Å². The summed E-state index contributed by atoms with van der Waals surface area (Å²) in [7, 11) is 1.84. The summed E-state index contributed by atoms with van der Waals surface area (Å²) in [6.07, 6.45) is 3.41. The van der Waals surface area contributed by atoms with Gasteiger partial charge in [0.25, 0.3) is 5.91 Å². The molecule has 3 aromatic rings. The summed E-state index contributed by atoms with van der Waals surface area (Å²) in [4.78, 5) is 16.9. The summed E-state index contributed by atoms with van der Waals surface area (Å²) in [5, 5.41) is 8.70. The van der Waals surface area contributed by atoms with Crippen molar-refractivity contribution in [3.8, 4) is 5.75 Å². The Morgan fingerprint density at radius 3 is 3.04 bits per heavy atom. The quantitative estimate of drug-likeness (QED) is 0.766. The molecule has 0 unspecified atom stereocenters. The number of rotatable bonds is 2. The maximum atomic E-state index is 12.5. The molecule has 126 valence electrons. The van der Waals surface area contributed by atoms with Gasteiger partial charge in [-0.15, -0.1) is 0 Å². The topological polar surface area (TPSA) is 69.0 Å². The number of carbonyl (C=O) groups is 1. The van der Waals surface area contributed by atoms with Gasteiger partial charge in [0.1, 0.15) is 12.4 Å². The second kappa shape index (κ2) is 5.89. The average Bonchev–Trinajstić information content (AvgIpc) is 2.88. The van der Waals surface area contributed by atoms with Crippen LogP contribution in [-0.2, 0) is 11.8 Å². The Bertz CT molecular complexity index is 1040. The van der Waals surface area contributed by atoms with Gasteiger partial charge in [0.2, 0.25) is 0 Å². The largest absolute Gasteiger partial charge is 0.488 e. The normalized spacial score (nSPS) is 13.2. The lowest BCUT2D eigenvalue weighted by Gasteiger charge is -2.17. The molecule has 2 aromatic heterocycles. The van der Waals surface area contributed by atoms with Gasteiger partial charge in [-0.1, -0.05) is 11.6 Å². The molecule has 0 radical (unpaired) electrons. The zero-order chi connectivity index (χ0) is 17.6. The number of aromatic nitrogens is 3. The molecule has 1 N–H and O–H groups in total. The number of amides is 1. The van der Waals surface area contributed by atoms with Crippen LogP contribution < -0.4 is 10.1 Å². The molecule has 0 saturated carbocycles. The number of nitrogens with zero attached hydrogens (tertiary/aromatic N) is 3. The second-order valence-corrected chi connectivity index (χ2v) is 6.34. The predicted octanol–water partition coefficient (Wildman–Crippen LogP) is 3.34. The first-order valence-electron chi connectivity index (χ1n) is 7.75. The van der Waals surface area contributed by atoms with Gasteiger partial charge in [-0.05, 0) is 37.3 Å². The van der Waals surface area contributed by atoms with Gasteiger partial charge >= 0.3 is 0 Å². The SMILES string of the molecule is Cc1nn(C)c2ncc(NC(=O)C3=Cc4cc(Cl)ccc4OC3)cc12. The van der Waals surface area contributed by atoms with Crippen LogP contribution in [0.3, 0.4) is 0 Å². The number of hydrogen-bond donors (Lipinski definition) is 1. The van der Waals surface area contributed by atoms with Crippen LogP contribution in [0.1, 0.15) is 11.3 Å². The minimum Gasteiger partial charge on any atom is -0.488 e. The first kappa shape index (κ1) is 15.7. The van der Waals surface area contributed by atoms with Crippen molar-refractivity contribution >= 4 is 40.3 Å². The van der Waals surface area contributed by atoms with Crippen molar-refractivity contribution < 1.29 is 9.53 Å². The lowest BCUT2D eigenvalue weighted by Crippen LogP contribution is -2.21. The highest BCUT2D eigenvalue weighted by atomic mass is 35.5. The number of aryl methyl sites for hydroxylation is 2. The fraction of sp³-hybridized carbons (Fsp3) is 0.167. The maximum Gasteiger partial charge on any atom is 0.255 e. The molecule has 0 fully saturated rings. The molecule has 0 aliphatic carbocycles. The third-order valence-electron chi connectivity index (χ3n) is 4.10. The van der Waals surface area contributed by atoms with Crippen LogP contribution in [0.5, 0.6) is 5.75 Å². The van der Waals surface area contributed by atoms with E-state index in [2.05, 4.69) is 15.4 Å². The molecular weight excluding hydrogens is 340 g/mol. The van der Waals surface area contributed by atoms with E-state index < -0.39 is 0 Å². The van der Waals surface area contributed by atoms with Crippen molar-refractivity contribution in [1.29, 1.82) is 0 Å². The molecule has 1 aliphatic rings. The van der Waals surface area contributed by atoms with Crippen molar-refractivity contribution in [3.63, 3.8) is 0 Å². The minimum atomic E-state index is -0.228. The highest BCUT2D eigenvalue weighted by molar-refractivity contribution is 6.30. The van der Waals surface area contributed by atoms with Gasteiger partial charge in [-0.3, -0.25) is 9.48 Å². The monoisotopic (exact) mass is 354 g/mol. The van der Waals surface area contributed by atoms with Crippen LogP contribution in [0.2, 0.25) is 5.02 Å². The van der Waals surface area contributed by atoms with E-state index in [1.807, 2.05) is 20.0 Å². The summed E-state index contributed by atoms with van der Waals surface area (Å²) in [6, 6.07) is 7.20. The van der Waals surface area contributed by atoms with Crippen LogP contribution in [0, 0.1) is 6.92 Å². The molecule has 7 heteroatoms. The average molecular weight is 355 g/mol. The first-order chi connectivity index (χ1) is 12.0. The molecule has 0 spiro atoms. The number of hydrogen-bond acceptors (Lipinski definition) is 4. The summed E-state index contributed by atoms with van der Waals surface area (Å²) in [5.74, 6) is 0.489. The van der Waals surface area contributed by atoms with E-state index in [-0.39, 0.29) is 12.5 Å². The van der Waals surface area contributed by atoms with Gasteiger partial charge in [0.05, 0.1) is 23.2 Å². The summed E-state index contributed by atoms with van der Waals surface area (Å²) >= 11 is 6.00. The molecule has 0 atom stereocenters. The molecule has 1 amide bonds. The van der Waals surface area contributed by atoms with E-state index in [1.54, 1.807) is 35.2 Å². The van der Waals surface area contributed by atoms with E-state index in [9.17, 15) is 4.79 Å². The Hall–Kier alpha value is -2.86. The van der Waals surface area contributed by atoms with E-state index >= 15 is 0 Å². The highest BCUT2D eigenvalue weighted by Gasteiger charge is 2.18.